The summed E-state index contributed by atoms with van der Waals surface area (Å²) in [6.45, 7) is 0. The lowest BCUT2D eigenvalue weighted by molar-refractivity contribution is 0.0955. The smallest absolute Gasteiger partial charge is 0.271 e. The number of rotatable bonds is 6. The molecule has 0 unspecified atom stereocenters. The summed E-state index contributed by atoms with van der Waals surface area (Å²) in [7, 11) is 1.62. The fourth-order valence-corrected chi connectivity index (χ4v) is 2.97. The first kappa shape index (κ1) is 19.1. The number of benzene rings is 2. The maximum atomic E-state index is 12.2. The number of pyridine rings is 1. The molecule has 2 heterocycles. The number of nitrogens with zero attached hydrogens (tertiary/aromatic N) is 4. The molecule has 7 nitrogen and oxygen atoms in total. The van der Waals surface area contributed by atoms with Gasteiger partial charge in [-0.2, -0.15) is 10.2 Å². The lowest BCUT2D eigenvalue weighted by Crippen LogP contribution is -2.17. The molecule has 4 aromatic rings. The average molecular weight is 397 g/mol. The van der Waals surface area contributed by atoms with Crippen LogP contribution in [0, 0.1) is 0 Å². The molecule has 0 aliphatic rings. The number of carbonyl (C=O) groups is 1. The molecule has 7 heteroatoms. The van der Waals surface area contributed by atoms with Gasteiger partial charge in [0.1, 0.15) is 11.4 Å². The third-order valence-corrected chi connectivity index (χ3v) is 4.44. The first-order chi connectivity index (χ1) is 14.8. The molecule has 2 aromatic carbocycles. The molecule has 0 aliphatic heterocycles. The van der Waals surface area contributed by atoms with Gasteiger partial charge in [0.2, 0.25) is 0 Å². The molecule has 148 valence electrons. The van der Waals surface area contributed by atoms with Crippen LogP contribution >= 0.6 is 0 Å². The van der Waals surface area contributed by atoms with E-state index < -0.39 is 0 Å². The normalized spacial score (nSPS) is 10.8. The van der Waals surface area contributed by atoms with Gasteiger partial charge in [-0.15, -0.1) is 0 Å². The van der Waals surface area contributed by atoms with Gasteiger partial charge in [0, 0.05) is 35.3 Å². The molecule has 1 amide bonds. The molecule has 0 saturated heterocycles. The third-order valence-electron chi connectivity index (χ3n) is 4.44. The van der Waals surface area contributed by atoms with E-state index in [2.05, 4.69) is 15.5 Å². The van der Waals surface area contributed by atoms with E-state index in [1.54, 1.807) is 42.5 Å². The summed E-state index contributed by atoms with van der Waals surface area (Å²) in [5.74, 6) is 0.384. The zero-order chi connectivity index (χ0) is 20.8. The Balaban J connectivity index is 1.69. The molecule has 0 saturated carbocycles. The van der Waals surface area contributed by atoms with E-state index in [0.717, 1.165) is 16.8 Å². The van der Waals surface area contributed by atoms with Gasteiger partial charge in [0.05, 0.1) is 19.0 Å². The van der Waals surface area contributed by atoms with Gasteiger partial charge in [-0.05, 0) is 36.4 Å². The summed E-state index contributed by atoms with van der Waals surface area (Å²) in [6.07, 6.45) is 6.55. The predicted octanol–water partition coefficient (Wildman–Crippen LogP) is 3.71. The van der Waals surface area contributed by atoms with Gasteiger partial charge in [0.15, 0.2) is 0 Å². The van der Waals surface area contributed by atoms with Crippen LogP contribution in [0.5, 0.6) is 5.75 Å². The maximum absolute atomic E-state index is 12.2. The van der Waals surface area contributed by atoms with E-state index in [9.17, 15) is 4.79 Å². The van der Waals surface area contributed by atoms with E-state index in [1.807, 2.05) is 60.8 Å². The molecule has 0 aliphatic carbocycles. The molecule has 0 atom stereocenters. The van der Waals surface area contributed by atoms with Gasteiger partial charge in [-0.25, -0.2) is 10.1 Å². The second-order valence-corrected chi connectivity index (χ2v) is 6.35. The van der Waals surface area contributed by atoms with Gasteiger partial charge in [-0.3, -0.25) is 9.78 Å². The molecule has 0 radical (unpaired) electrons. The van der Waals surface area contributed by atoms with Crippen LogP contribution < -0.4 is 10.2 Å². The molecule has 4 rings (SSSR count). The topological polar surface area (TPSA) is 81.4 Å². The minimum absolute atomic E-state index is 0.317. The number of hydrogen-bond acceptors (Lipinski definition) is 5. The Hall–Kier alpha value is -4.26. The number of carbonyl (C=O) groups excluding carboxylic acids is 1. The van der Waals surface area contributed by atoms with Crippen LogP contribution in [0.15, 0.2) is 90.4 Å². The van der Waals surface area contributed by atoms with Gasteiger partial charge >= 0.3 is 0 Å². The molecule has 0 bridgehead atoms. The molecule has 0 fully saturated rings. The van der Waals surface area contributed by atoms with Crippen LogP contribution in [-0.2, 0) is 0 Å². The Kier molecular flexibility index (Phi) is 5.61. The number of para-hydroxylation sites is 2. The Labute approximate surface area is 173 Å². The number of nitrogens with one attached hydrogen (secondary N) is 1. The molecular weight excluding hydrogens is 378 g/mol. The van der Waals surface area contributed by atoms with Crippen LogP contribution in [0.3, 0.4) is 0 Å². The van der Waals surface area contributed by atoms with Crippen LogP contribution in [0.1, 0.15) is 15.9 Å². The number of ether oxygens (including phenoxy) is 1. The highest BCUT2D eigenvalue weighted by molar-refractivity contribution is 5.95. The summed E-state index contributed by atoms with van der Waals surface area (Å²) >= 11 is 0. The van der Waals surface area contributed by atoms with Crippen molar-refractivity contribution in [3.8, 4) is 22.7 Å². The number of aromatic nitrogens is 3. The second kappa shape index (κ2) is 8.83. The first-order valence-corrected chi connectivity index (χ1v) is 9.28. The van der Waals surface area contributed by atoms with E-state index in [1.165, 1.54) is 0 Å². The quantitative estimate of drug-likeness (QED) is 0.397. The van der Waals surface area contributed by atoms with Crippen molar-refractivity contribution in [1.29, 1.82) is 0 Å². The summed E-state index contributed by atoms with van der Waals surface area (Å²) in [4.78, 5) is 16.1. The van der Waals surface area contributed by atoms with Gasteiger partial charge in [0.25, 0.3) is 5.91 Å². The highest BCUT2D eigenvalue weighted by atomic mass is 16.5. The molecular formula is C23H19N5O2. The zero-order valence-electron chi connectivity index (χ0n) is 16.3. The number of hydrogen-bond donors (Lipinski definition) is 1. The van der Waals surface area contributed by atoms with Crippen molar-refractivity contribution in [2.24, 2.45) is 5.10 Å². The lowest BCUT2D eigenvalue weighted by Gasteiger charge is -2.06. The summed E-state index contributed by atoms with van der Waals surface area (Å²) in [5.41, 5.74) is 6.19. The standard InChI is InChI=1S/C23H19N5O2/c1-30-21-10-6-5-9-20(21)22-18(16-28(27-22)19-7-3-2-4-8-19)15-25-26-23(29)17-11-13-24-14-12-17/h2-16H,1H3,(H,26,29)/b25-15-. The van der Waals surface area contributed by atoms with Crippen molar-refractivity contribution >= 4 is 12.1 Å². The molecule has 30 heavy (non-hydrogen) atoms. The van der Waals surface area contributed by atoms with Crippen LogP contribution in [0.25, 0.3) is 16.9 Å². The molecule has 2 aromatic heterocycles. The predicted molar refractivity (Wildman–Crippen MR) is 115 cm³/mol. The minimum atomic E-state index is -0.317. The Morgan fingerprint density at radius 3 is 2.53 bits per heavy atom. The molecule has 0 spiro atoms. The van der Waals surface area contributed by atoms with Crippen LogP contribution in [0.2, 0.25) is 0 Å². The van der Waals surface area contributed by atoms with Crippen molar-refractivity contribution < 1.29 is 9.53 Å². The minimum Gasteiger partial charge on any atom is -0.496 e. The summed E-state index contributed by atoms with van der Waals surface area (Å²) < 4.78 is 7.27. The largest absolute Gasteiger partial charge is 0.496 e. The van der Waals surface area contributed by atoms with Crippen molar-refractivity contribution in [1.82, 2.24) is 20.2 Å². The summed E-state index contributed by atoms with van der Waals surface area (Å²) in [6, 6.07) is 20.7. The maximum Gasteiger partial charge on any atom is 0.271 e. The zero-order valence-corrected chi connectivity index (χ0v) is 16.3. The first-order valence-electron chi connectivity index (χ1n) is 9.28. The Bertz CT molecular complexity index is 1170. The number of hydrazone groups is 1. The van der Waals surface area contributed by atoms with Crippen molar-refractivity contribution in [2.75, 3.05) is 7.11 Å². The van der Waals surface area contributed by atoms with Crippen molar-refractivity contribution in [3.63, 3.8) is 0 Å². The van der Waals surface area contributed by atoms with Gasteiger partial charge in [-0.1, -0.05) is 30.3 Å². The summed E-state index contributed by atoms with van der Waals surface area (Å²) in [5, 5.41) is 8.87. The Morgan fingerprint density at radius 2 is 1.77 bits per heavy atom. The van der Waals surface area contributed by atoms with Crippen LogP contribution in [-0.4, -0.2) is 34.0 Å². The van der Waals surface area contributed by atoms with E-state index in [4.69, 9.17) is 9.84 Å². The average Bonchev–Trinajstić information content (AvgIpc) is 3.24. The van der Waals surface area contributed by atoms with Gasteiger partial charge < -0.3 is 4.74 Å². The molecule has 1 N–H and O–H groups in total. The van der Waals surface area contributed by atoms with E-state index in [-0.39, 0.29) is 5.91 Å². The highest BCUT2D eigenvalue weighted by Crippen LogP contribution is 2.31. The second-order valence-electron chi connectivity index (χ2n) is 6.35. The number of amides is 1. The lowest BCUT2D eigenvalue weighted by atomic mass is 10.1. The van der Waals surface area contributed by atoms with Crippen molar-refractivity contribution in [2.45, 2.75) is 0 Å². The third kappa shape index (κ3) is 4.10. The van der Waals surface area contributed by atoms with E-state index >= 15 is 0 Å². The fourth-order valence-electron chi connectivity index (χ4n) is 2.97. The fraction of sp³-hybridized carbons (Fsp3) is 0.0435. The SMILES string of the molecule is COc1ccccc1-c1nn(-c2ccccc2)cc1/C=N\NC(=O)c1ccncc1. The van der Waals surface area contributed by atoms with Crippen molar-refractivity contribution in [3.05, 3.63) is 96.4 Å². The van der Waals surface area contributed by atoms with E-state index in [0.29, 0.717) is 17.0 Å². The van der Waals surface area contributed by atoms with Crippen LogP contribution in [0.4, 0.5) is 0 Å². The highest BCUT2D eigenvalue weighted by Gasteiger charge is 2.15. The Morgan fingerprint density at radius 1 is 1.03 bits per heavy atom. The monoisotopic (exact) mass is 397 g/mol. The number of methoxy groups -OCH3 is 1.